The van der Waals surface area contributed by atoms with Gasteiger partial charge in [0.15, 0.2) is 5.78 Å². The Balaban J connectivity index is 2.13. The molecule has 0 aromatic heterocycles. The number of ketones is 1. The molecule has 1 unspecified atom stereocenters. The van der Waals surface area contributed by atoms with Crippen molar-refractivity contribution in [2.75, 3.05) is 20.3 Å². The van der Waals surface area contributed by atoms with Gasteiger partial charge in [-0.3, -0.25) is 24.5 Å². The van der Waals surface area contributed by atoms with E-state index >= 15 is 0 Å². The van der Waals surface area contributed by atoms with Crippen LogP contribution in [0.2, 0.25) is 5.02 Å². The molecule has 0 aliphatic heterocycles. The average molecular weight is 536 g/mol. The largest absolute Gasteiger partial charge is 0.468 e. The zero-order chi connectivity index (χ0) is 26.3. The number of hydrogen-bond acceptors (Lipinski definition) is 9. The number of alkyl halides is 3. The van der Waals surface area contributed by atoms with Crippen LogP contribution in [0.1, 0.15) is 22.8 Å². The van der Waals surface area contributed by atoms with E-state index in [2.05, 4.69) is 4.74 Å². The van der Waals surface area contributed by atoms with Crippen LogP contribution in [0.5, 0.6) is 11.5 Å². The van der Waals surface area contributed by atoms with Crippen molar-refractivity contribution in [3.05, 3.63) is 62.7 Å². The number of benzene rings is 2. The lowest BCUT2D eigenvalue weighted by Crippen LogP contribution is -2.20. The number of thioether (sulfide) groups is 1. The Hall–Kier alpha value is -3.16. The summed E-state index contributed by atoms with van der Waals surface area (Å²) in [6.45, 7) is 0.185. The molecule has 0 radical (unpaired) electrons. The van der Waals surface area contributed by atoms with Crippen molar-refractivity contribution in [2.45, 2.75) is 18.3 Å². The number of Topliss-reactive ketones (excluding diaryl/α,β-unsaturated/α-hetero) is 1. The van der Waals surface area contributed by atoms with E-state index < -0.39 is 63.2 Å². The van der Waals surface area contributed by atoms with Gasteiger partial charge in [-0.15, -0.1) is 0 Å². The Morgan fingerprint density at radius 3 is 2.40 bits per heavy atom. The van der Waals surface area contributed by atoms with E-state index in [1.165, 1.54) is 6.92 Å². The number of nitro groups is 1. The Bertz CT molecular complexity index is 1140. The summed E-state index contributed by atoms with van der Waals surface area (Å²) >= 11 is 6.48. The fourth-order valence-corrected chi connectivity index (χ4v) is 3.56. The van der Waals surface area contributed by atoms with Crippen molar-refractivity contribution in [3.63, 3.8) is 0 Å². The number of carbonyl (C=O) groups excluding carboxylic acids is 3. The third-order valence-corrected chi connectivity index (χ3v) is 5.47. The summed E-state index contributed by atoms with van der Waals surface area (Å²) in [4.78, 5) is 46.2. The number of halogens is 4. The van der Waals surface area contributed by atoms with Crippen molar-refractivity contribution in [3.8, 4) is 11.5 Å². The normalized spacial score (nSPS) is 12.1. The predicted octanol–water partition coefficient (Wildman–Crippen LogP) is 5.08. The molecule has 2 aromatic carbocycles. The predicted molar refractivity (Wildman–Crippen MR) is 119 cm³/mol. The van der Waals surface area contributed by atoms with Crippen molar-refractivity contribution in [1.82, 2.24) is 0 Å². The zero-order valence-electron chi connectivity index (χ0n) is 18.1. The Labute approximate surface area is 205 Å². The molecule has 0 fully saturated rings. The first-order chi connectivity index (χ1) is 16.3. The van der Waals surface area contributed by atoms with Crippen molar-refractivity contribution in [2.24, 2.45) is 0 Å². The lowest BCUT2D eigenvalue weighted by atomic mass is 10.1. The first-order valence-electron chi connectivity index (χ1n) is 9.54. The van der Waals surface area contributed by atoms with Gasteiger partial charge in [0.2, 0.25) is 5.12 Å². The van der Waals surface area contributed by atoms with Gasteiger partial charge in [-0.2, -0.15) is 13.2 Å². The fourth-order valence-electron chi connectivity index (χ4n) is 2.60. The van der Waals surface area contributed by atoms with Gasteiger partial charge in [0.25, 0.3) is 5.69 Å². The van der Waals surface area contributed by atoms with Gasteiger partial charge < -0.3 is 14.2 Å². The molecular weight excluding hydrogens is 519 g/mol. The zero-order valence-corrected chi connectivity index (χ0v) is 19.7. The monoisotopic (exact) mass is 535 g/mol. The summed E-state index contributed by atoms with van der Waals surface area (Å²) in [7, 11) is 1.16. The van der Waals surface area contributed by atoms with E-state index in [1.807, 2.05) is 0 Å². The molecule has 9 nitrogen and oxygen atoms in total. The van der Waals surface area contributed by atoms with Crippen LogP contribution >= 0.6 is 23.4 Å². The Morgan fingerprint density at radius 2 is 1.83 bits per heavy atom. The third-order valence-electron chi connectivity index (χ3n) is 4.25. The molecule has 0 bridgehead atoms. The Kier molecular flexibility index (Phi) is 9.63. The van der Waals surface area contributed by atoms with E-state index in [-0.39, 0.29) is 16.5 Å². The SMILES string of the molecule is COC(=O)C(C)SC(=O)COCC(=O)c1cc(Oc2ccc(C(F)(F)F)cc2Cl)ccc1[N+](=O)[O-]. The smallest absolute Gasteiger partial charge is 0.416 e. The molecule has 188 valence electrons. The van der Waals surface area contributed by atoms with E-state index in [0.29, 0.717) is 17.8 Å². The molecule has 0 aliphatic carbocycles. The van der Waals surface area contributed by atoms with E-state index in [4.69, 9.17) is 21.1 Å². The lowest BCUT2D eigenvalue weighted by molar-refractivity contribution is -0.385. The summed E-state index contributed by atoms with van der Waals surface area (Å²) in [5.41, 5.74) is -2.00. The number of hydrogen-bond donors (Lipinski definition) is 0. The molecule has 2 rings (SSSR count). The summed E-state index contributed by atoms with van der Waals surface area (Å²) in [5, 5.41) is 9.59. The van der Waals surface area contributed by atoms with Crippen LogP contribution in [0, 0.1) is 10.1 Å². The van der Waals surface area contributed by atoms with Crippen LogP contribution in [0.3, 0.4) is 0 Å². The fraction of sp³-hybridized carbons (Fsp3) is 0.286. The van der Waals surface area contributed by atoms with Crippen LogP contribution in [0.4, 0.5) is 18.9 Å². The third kappa shape index (κ3) is 7.94. The highest BCUT2D eigenvalue weighted by molar-refractivity contribution is 8.14. The quantitative estimate of drug-likeness (QED) is 0.177. The summed E-state index contributed by atoms with van der Waals surface area (Å²) in [6.07, 6.45) is -4.62. The second-order valence-electron chi connectivity index (χ2n) is 6.75. The summed E-state index contributed by atoms with van der Waals surface area (Å²) in [6, 6.07) is 5.47. The van der Waals surface area contributed by atoms with Crippen LogP contribution in [-0.2, 0) is 25.2 Å². The number of nitrogens with zero attached hydrogens (tertiary/aromatic N) is 1. The van der Waals surface area contributed by atoms with Crippen LogP contribution in [0.25, 0.3) is 0 Å². The van der Waals surface area contributed by atoms with E-state index in [1.54, 1.807) is 0 Å². The Morgan fingerprint density at radius 1 is 1.14 bits per heavy atom. The topological polar surface area (TPSA) is 122 Å². The standard InChI is InChI=1S/C21H17ClF3NO8S/c1-11(20(29)32-2)35-19(28)10-33-9-17(27)14-8-13(4-5-16(14)26(30)31)34-18-6-3-12(7-15(18)22)21(23,24)25/h3-8,11H,9-10H2,1-2H3. The summed E-state index contributed by atoms with van der Waals surface area (Å²) < 4.78 is 53.3. The highest BCUT2D eigenvalue weighted by atomic mass is 35.5. The van der Waals surface area contributed by atoms with E-state index in [9.17, 15) is 37.7 Å². The second kappa shape index (κ2) is 12.0. The van der Waals surface area contributed by atoms with Crippen molar-refractivity contribution >= 4 is 45.9 Å². The van der Waals surface area contributed by atoms with Gasteiger partial charge in [0, 0.05) is 6.07 Å². The van der Waals surface area contributed by atoms with Gasteiger partial charge in [0.1, 0.15) is 35.5 Å². The van der Waals surface area contributed by atoms with Crippen LogP contribution < -0.4 is 4.74 Å². The average Bonchev–Trinajstić information content (AvgIpc) is 2.78. The maximum atomic E-state index is 12.8. The molecule has 0 aliphatic rings. The van der Waals surface area contributed by atoms with Gasteiger partial charge >= 0.3 is 12.1 Å². The maximum Gasteiger partial charge on any atom is 0.416 e. The number of rotatable bonds is 10. The minimum atomic E-state index is -4.62. The van der Waals surface area contributed by atoms with Crippen molar-refractivity contribution in [1.29, 1.82) is 0 Å². The molecule has 0 amide bonds. The van der Waals surface area contributed by atoms with E-state index in [0.717, 1.165) is 37.4 Å². The second-order valence-corrected chi connectivity index (χ2v) is 8.56. The molecule has 2 aromatic rings. The molecule has 0 spiro atoms. The highest BCUT2D eigenvalue weighted by Gasteiger charge is 2.31. The number of nitro benzene ring substituents is 1. The molecule has 0 N–H and O–H groups in total. The number of ether oxygens (including phenoxy) is 3. The molecule has 0 saturated carbocycles. The van der Waals surface area contributed by atoms with Gasteiger partial charge in [-0.1, -0.05) is 23.4 Å². The summed E-state index contributed by atoms with van der Waals surface area (Å²) in [5.74, 6) is -1.77. The minimum Gasteiger partial charge on any atom is -0.468 e. The van der Waals surface area contributed by atoms with Gasteiger partial charge in [0.05, 0.1) is 22.6 Å². The number of esters is 1. The molecule has 35 heavy (non-hydrogen) atoms. The minimum absolute atomic E-state index is 0.112. The first-order valence-corrected chi connectivity index (χ1v) is 10.8. The van der Waals surface area contributed by atoms with Crippen LogP contribution in [0.15, 0.2) is 36.4 Å². The molecule has 0 saturated heterocycles. The maximum absolute atomic E-state index is 12.8. The number of methoxy groups -OCH3 is 1. The molecule has 1 atom stereocenters. The number of carbonyl (C=O) groups is 3. The molecule has 14 heteroatoms. The highest BCUT2D eigenvalue weighted by Crippen LogP contribution is 2.37. The van der Waals surface area contributed by atoms with Gasteiger partial charge in [-0.05, 0) is 37.3 Å². The molecular formula is C21H17ClF3NO8S. The lowest BCUT2D eigenvalue weighted by Gasteiger charge is -2.12. The van der Waals surface area contributed by atoms with Gasteiger partial charge in [-0.25, -0.2) is 0 Å². The van der Waals surface area contributed by atoms with Crippen molar-refractivity contribution < 1.29 is 46.7 Å². The van der Waals surface area contributed by atoms with Crippen LogP contribution in [-0.4, -0.2) is 47.4 Å². The first kappa shape index (κ1) is 28.1. The molecule has 0 heterocycles.